The van der Waals surface area contributed by atoms with E-state index < -0.39 is 12.1 Å². The smallest absolute Gasteiger partial charge is 0.332 e. The molecule has 0 amide bonds. The molecule has 1 atom stereocenters. The third-order valence-corrected chi connectivity index (χ3v) is 4.86. The van der Waals surface area contributed by atoms with Crippen LogP contribution in [0.4, 0.5) is 0 Å². The van der Waals surface area contributed by atoms with Gasteiger partial charge in [0, 0.05) is 18.9 Å². The van der Waals surface area contributed by atoms with Gasteiger partial charge in [0.15, 0.2) is 6.10 Å². The van der Waals surface area contributed by atoms with Crippen LogP contribution in [-0.4, -0.2) is 40.5 Å². The number of benzene rings is 2. The van der Waals surface area contributed by atoms with Gasteiger partial charge in [-0.15, -0.1) is 11.3 Å². The second kappa shape index (κ2) is 8.83. The lowest BCUT2D eigenvalue weighted by atomic mass is 10.1. The number of aromatic nitrogens is 1. The minimum atomic E-state index is -1.41. The van der Waals surface area contributed by atoms with Crippen LogP contribution >= 0.6 is 11.3 Å². The van der Waals surface area contributed by atoms with Crippen molar-refractivity contribution in [3.05, 3.63) is 53.0 Å². The van der Waals surface area contributed by atoms with Gasteiger partial charge in [0.1, 0.15) is 11.5 Å². The first-order valence-electron chi connectivity index (χ1n) is 8.64. The number of aliphatic carboxylic acids is 1. The number of carboxylic acids is 1. The summed E-state index contributed by atoms with van der Waals surface area (Å²) in [5.74, 6) is 0.200. The Balaban J connectivity index is 1.43. The molecule has 0 spiro atoms. The number of hydrogen-bond donors (Lipinski definition) is 2. The van der Waals surface area contributed by atoms with Crippen molar-refractivity contribution in [2.24, 2.45) is 0 Å². The molecule has 0 radical (unpaired) electrons. The van der Waals surface area contributed by atoms with Gasteiger partial charge in [-0.25, -0.2) is 9.78 Å². The Morgan fingerprint density at radius 2 is 1.89 bits per heavy atom. The number of aryl methyl sites for hydroxylation is 1. The van der Waals surface area contributed by atoms with Crippen LogP contribution in [0.15, 0.2) is 42.5 Å². The van der Waals surface area contributed by atoms with Crippen LogP contribution in [0.3, 0.4) is 0 Å². The first-order valence-corrected chi connectivity index (χ1v) is 9.45. The van der Waals surface area contributed by atoms with Crippen LogP contribution in [-0.2, 0) is 11.2 Å². The second-order valence-electron chi connectivity index (χ2n) is 6.12. The normalized spacial score (nSPS) is 12.1. The molecule has 27 heavy (non-hydrogen) atoms. The van der Waals surface area contributed by atoms with Crippen LogP contribution in [0.25, 0.3) is 10.2 Å². The zero-order valence-electron chi connectivity index (χ0n) is 14.9. The van der Waals surface area contributed by atoms with Crippen molar-refractivity contribution in [1.82, 2.24) is 4.98 Å². The summed E-state index contributed by atoms with van der Waals surface area (Å²) in [7, 11) is 0. The largest absolute Gasteiger partial charge is 0.493 e. The third-order valence-electron chi connectivity index (χ3n) is 3.90. The van der Waals surface area contributed by atoms with Crippen LogP contribution in [0.2, 0.25) is 0 Å². The van der Waals surface area contributed by atoms with E-state index in [4.69, 9.17) is 14.6 Å². The zero-order chi connectivity index (χ0) is 19.2. The molecule has 0 bridgehead atoms. The van der Waals surface area contributed by atoms with Crippen molar-refractivity contribution < 1.29 is 24.5 Å². The van der Waals surface area contributed by atoms with Crippen LogP contribution < -0.4 is 9.47 Å². The second-order valence-corrected chi connectivity index (χ2v) is 7.35. The number of aliphatic hydroxyl groups is 1. The summed E-state index contributed by atoms with van der Waals surface area (Å²) >= 11 is 1.66. The highest BCUT2D eigenvalue weighted by molar-refractivity contribution is 7.18. The Labute approximate surface area is 161 Å². The van der Waals surface area contributed by atoms with Crippen molar-refractivity contribution in [1.29, 1.82) is 0 Å². The van der Waals surface area contributed by atoms with Gasteiger partial charge in [-0.3, -0.25) is 0 Å². The predicted octanol–water partition coefficient (Wildman–Crippen LogP) is 3.44. The number of nitrogens with zero attached hydrogens (tertiary/aromatic N) is 1. The van der Waals surface area contributed by atoms with Gasteiger partial charge >= 0.3 is 5.97 Å². The van der Waals surface area contributed by atoms with E-state index in [1.165, 1.54) is 0 Å². The van der Waals surface area contributed by atoms with Gasteiger partial charge in [-0.2, -0.15) is 0 Å². The Hall–Kier alpha value is -2.64. The first-order chi connectivity index (χ1) is 13.0. The minimum Gasteiger partial charge on any atom is -0.493 e. The van der Waals surface area contributed by atoms with E-state index >= 15 is 0 Å². The summed E-state index contributed by atoms with van der Waals surface area (Å²) < 4.78 is 12.6. The number of carbonyl (C=O) groups is 1. The fourth-order valence-electron chi connectivity index (χ4n) is 2.62. The van der Waals surface area contributed by atoms with Crippen LogP contribution in [0, 0.1) is 6.92 Å². The number of hydrogen-bond acceptors (Lipinski definition) is 6. The standard InChI is InChI=1S/C20H21NO5S/c1-13-21-17-12-16(6-7-19(17)27-13)26-9-3-8-25-15-5-2-4-14(10-15)11-18(22)20(23)24/h2,4-7,10,12,18,22H,3,8-9,11H2,1H3,(H,23,24). The summed E-state index contributed by atoms with van der Waals surface area (Å²) in [6.45, 7) is 2.98. The van der Waals surface area contributed by atoms with Crippen LogP contribution in [0.5, 0.6) is 11.5 Å². The Morgan fingerprint density at radius 3 is 2.63 bits per heavy atom. The van der Waals surface area contributed by atoms with Crippen molar-refractivity contribution in [2.75, 3.05) is 13.2 Å². The van der Waals surface area contributed by atoms with E-state index in [9.17, 15) is 9.90 Å². The number of rotatable bonds is 9. The SMILES string of the molecule is Cc1nc2cc(OCCCOc3cccc(CC(O)C(=O)O)c3)ccc2s1. The molecule has 0 aliphatic heterocycles. The molecule has 0 aliphatic rings. The summed E-state index contributed by atoms with van der Waals surface area (Å²) in [6.07, 6.45) is -0.655. The highest BCUT2D eigenvalue weighted by Crippen LogP contribution is 2.25. The van der Waals surface area contributed by atoms with Crippen molar-refractivity contribution in [3.63, 3.8) is 0 Å². The van der Waals surface area contributed by atoms with Crippen molar-refractivity contribution in [2.45, 2.75) is 25.9 Å². The maximum atomic E-state index is 10.7. The Morgan fingerprint density at radius 1 is 1.15 bits per heavy atom. The van der Waals surface area contributed by atoms with Crippen molar-refractivity contribution in [3.8, 4) is 11.5 Å². The fourth-order valence-corrected chi connectivity index (χ4v) is 3.43. The van der Waals surface area contributed by atoms with E-state index in [1.807, 2.05) is 25.1 Å². The molecule has 3 rings (SSSR count). The molecule has 0 saturated heterocycles. The van der Waals surface area contributed by atoms with Gasteiger partial charge in [-0.1, -0.05) is 12.1 Å². The molecule has 3 aromatic rings. The van der Waals surface area contributed by atoms with Gasteiger partial charge < -0.3 is 19.7 Å². The molecule has 0 fully saturated rings. The van der Waals surface area contributed by atoms with E-state index in [1.54, 1.807) is 35.6 Å². The highest BCUT2D eigenvalue weighted by atomic mass is 32.1. The number of ether oxygens (including phenoxy) is 2. The maximum Gasteiger partial charge on any atom is 0.332 e. The summed E-state index contributed by atoms with van der Waals surface area (Å²) in [5, 5.41) is 19.2. The molecule has 0 saturated carbocycles. The molecular weight excluding hydrogens is 366 g/mol. The molecule has 142 valence electrons. The number of carboxylic acid groups (broad SMARTS) is 1. The first kappa shape index (κ1) is 19.1. The minimum absolute atomic E-state index is 0.0498. The molecule has 2 N–H and O–H groups in total. The number of fused-ring (bicyclic) bond motifs is 1. The quantitative estimate of drug-likeness (QED) is 0.547. The monoisotopic (exact) mass is 387 g/mol. The summed E-state index contributed by atoms with van der Waals surface area (Å²) in [6, 6.07) is 13.0. The van der Waals surface area contributed by atoms with E-state index in [0.29, 0.717) is 30.9 Å². The average molecular weight is 387 g/mol. The Kier molecular flexibility index (Phi) is 6.26. The molecule has 7 heteroatoms. The predicted molar refractivity (Wildman–Crippen MR) is 104 cm³/mol. The molecular formula is C20H21NO5S. The highest BCUT2D eigenvalue weighted by Gasteiger charge is 2.13. The fraction of sp³-hybridized carbons (Fsp3) is 0.300. The molecule has 1 unspecified atom stereocenters. The lowest BCUT2D eigenvalue weighted by molar-refractivity contribution is -0.146. The average Bonchev–Trinajstić information content (AvgIpc) is 3.01. The van der Waals surface area contributed by atoms with Crippen LogP contribution in [0.1, 0.15) is 17.0 Å². The van der Waals surface area contributed by atoms with Gasteiger partial charge in [0.2, 0.25) is 0 Å². The number of aliphatic hydroxyl groups excluding tert-OH is 1. The maximum absolute atomic E-state index is 10.7. The molecule has 2 aromatic carbocycles. The zero-order valence-corrected chi connectivity index (χ0v) is 15.7. The Bertz CT molecular complexity index is 924. The van der Waals surface area contributed by atoms with E-state index in [0.717, 1.165) is 21.0 Å². The summed E-state index contributed by atoms with van der Waals surface area (Å²) in [5.41, 5.74) is 1.66. The lowest BCUT2D eigenvalue weighted by Crippen LogP contribution is -2.21. The molecule has 1 aromatic heterocycles. The summed E-state index contributed by atoms with van der Waals surface area (Å²) in [4.78, 5) is 15.2. The third kappa shape index (κ3) is 5.42. The van der Waals surface area contributed by atoms with Gasteiger partial charge in [0.25, 0.3) is 0 Å². The topological polar surface area (TPSA) is 88.9 Å². The van der Waals surface area contributed by atoms with Gasteiger partial charge in [0.05, 0.1) is 28.4 Å². The van der Waals surface area contributed by atoms with E-state index in [-0.39, 0.29) is 6.42 Å². The van der Waals surface area contributed by atoms with Crippen molar-refractivity contribution >= 4 is 27.5 Å². The number of thiazole rings is 1. The lowest BCUT2D eigenvalue weighted by Gasteiger charge is -2.10. The molecule has 6 nitrogen and oxygen atoms in total. The van der Waals surface area contributed by atoms with E-state index in [2.05, 4.69) is 4.98 Å². The molecule has 0 aliphatic carbocycles. The van der Waals surface area contributed by atoms with Gasteiger partial charge in [-0.05, 0) is 36.8 Å². The molecule has 1 heterocycles.